The molecule has 35 heavy (non-hydrogen) atoms. The summed E-state index contributed by atoms with van der Waals surface area (Å²) in [6, 6.07) is 14.3. The van der Waals surface area contributed by atoms with Gasteiger partial charge in [-0.3, -0.25) is 4.79 Å². The largest absolute Gasteiger partial charge is 0.342 e. The monoisotopic (exact) mass is 507 g/mol. The van der Waals surface area contributed by atoms with Crippen molar-refractivity contribution in [2.45, 2.75) is 63.7 Å². The molecule has 1 aliphatic heterocycles. The van der Waals surface area contributed by atoms with Crippen molar-refractivity contribution in [2.75, 3.05) is 13.1 Å². The maximum Gasteiger partial charge on any atom is 0.235 e. The van der Waals surface area contributed by atoms with E-state index >= 15 is 0 Å². The predicted octanol–water partition coefficient (Wildman–Crippen LogP) is 6.75. The number of fused-ring (bicyclic) bond motifs is 6. The van der Waals surface area contributed by atoms with E-state index in [0.29, 0.717) is 21.5 Å². The van der Waals surface area contributed by atoms with Crippen molar-refractivity contribution in [3.05, 3.63) is 69.5 Å². The summed E-state index contributed by atoms with van der Waals surface area (Å²) >= 11 is 12.6. The van der Waals surface area contributed by atoms with Gasteiger partial charge in [0, 0.05) is 18.5 Å². The number of benzene rings is 2. The van der Waals surface area contributed by atoms with Crippen LogP contribution in [0, 0.1) is 11.3 Å². The molecule has 0 N–H and O–H groups in total. The van der Waals surface area contributed by atoms with Crippen LogP contribution in [-0.4, -0.2) is 33.9 Å². The number of nitrogens with zero attached hydrogens (tertiary/aromatic N) is 3. The molecule has 6 heteroatoms. The second kappa shape index (κ2) is 7.91. The van der Waals surface area contributed by atoms with Crippen molar-refractivity contribution in [1.82, 2.24) is 14.9 Å². The molecule has 2 heterocycles. The maximum absolute atomic E-state index is 14.4. The molecule has 182 valence electrons. The number of rotatable bonds is 3. The summed E-state index contributed by atoms with van der Waals surface area (Å²) in [4.78, 5) is 26.7. The Kier molecular flexibility index (Phi) is 5.26. The molecule has 1 saturated carbocycles. The Morgan fingerprint density at radius 3 is 2.17 bits per heavy atom. The molecule has 3 aromatic rings. The molecule has 2 fully saturated rings. The number of hydrogen-bond acceptors (Lipinski definition) is 3. The Bertz CT molecular complexity index is 1330. The number of hydrogen-bond donors (Lipinski definition) is 0. The molecule has 3 aliphatic rings. The van der Waals surface area contributed by atoms with E-state index in [1.165, 1.54) is 5.56 Å². The molecule has 0 spiro atoms. The van der Waals surface area contributed by atoms with Gasteiger partial charge in [-0.25, -0.2) is 9.97 Å². The van der Waals surface area contributed by atoms with Crippen molar-refractivity contribution in [2.24, 2.45) is 11.3 Å². The fourth-order valence-electron chi connectivity index (χ4n) is 7.13. The van der Waals surface area contributed by atoms with Crippen LogP contribution in [-0.2, 0) is 22.0 Å². The average molecular weight is 508 g/mol. The summed E-state index contributed by atoms with van der Waals surface area (Å²) in [6.45, 7) is 8.37. The first kappa shape index (κ1) is 23.2. The highest BCUT2D eigenvalue weighted by Gasteiger charge is 2.73. The third-order valence-corrected chi connectivity index (χ3v) is 10.4. The van der Waals surface area contributed by atoms with Gasteiger partial charge in [0.15, 0.2) is 0 Å². The highest BCUT2D eigenvalue weighted by molar-refractivity contribution is 6.42. The molecule has 1 saturated heterocycles. The predicted molar refractivity (Wildman–Crippen MR) is 141 cm³/mol. The van der Waals surface area contributed by atoms with E-state index in [-0.39, 0.29) is 16.7 Å². The highest BCUT2D eigenvalue weighted by Crippen LogP contribution is 2.70. The highest BCUT2D eigenvalue weighted by atomic mass is 35.5. The summed E-state index contributed by atoms with van der Waals surface area (Å²) in [5, 5.41) is 0.938. The van der Waals surface area contributed by atoms with Crippen molar-refractivity contribution < 1.29 is 4.79 Å². The van der Waals surface area contributed by atoms with Crippen LogP contribution < -0.4 is 0 Å². The standard InChI is InChI=1S/C29H31Cl2N3O/c1-27(2)28(3)11-12-29(27,25-24(28)32-22-16-20(30)21(31)17-23(22)33-25)26(35)34-13-9-19(10-14-34)15-18-7-5-4-6-8-18/h4-8,16-17,19H,9-15H2,1-3H3. The SMILES string of the molecule is CC12CCC(C(=O)N3CCC(Cc4ccccc4)CC3)(c3nc4cc(Cl)c(Cl)cc4nc31)C2(C)C. The zero-order valence-electron chi connectivity index (χ0n) is 20.6. The summed E-state index contributed by atoms with van der Waals surface area (Å²) < 4.78 is 0. The minimum atomic E-state index is -0.656. The third-order valence-electron chi connectivity index (χ3n) is 9.71. The fourth-order valence-corrected chi connectivity index (χ4v) is 7.45. The molecule has 1 amide bonds. The molecule has 2 bridgehead atoms. The van der Waals surface area contributed by atoms with Gasteiger partial charge in [0.1, 0.15) is 0 Å². The van der Waals surface area contributed by atoms with Crippen LogP contribution in [0.5, 0.6) is 0 Å². The van der Waals surface area contributed by atoms with E-state index < -0.39 is 5.41 Å². The van der Waals surface area contributed by atoms with Gasteiger partial charge in [0.2, 0.25) is 5.91 Å². The molecular weight excluding hydrogens is 477 g/mol. The van der Waals surface area contributed by atoms with E-state index in [4.69, 9.17) is 33.2 Å². The Labute approximate surface area is 217 Å². The lowest BCUT2D eigenvalue weighted by molar-refractivity contribution is -0.143. The van der Waals surface area contributed by atoms with Crippen LogP contribution in [0.25, 0.3) is 11.0 Å². The minimum Gasteiger partial charge on any atom is -0.342 e. The van der Waals surface area contributed by atoms with Gasteiger partial charge in [-0.1, -0.05) is 74.3 Å². The van der Waals surface area contributed by atoms with Gasteiger partial charge in [-0.15, -0.1) is 0 Å². The van der Waals surface area contributed by atoms with Crippen LogP contribution >= 0.6 is 23.2 Å². The van der Waals surface area contributed by atoms with Gasteiger partial charge in [0.25, 0.3) is 0 Å². The molecule has 0 radical (unpaired) electrons. The second-order valence-corrected chi connectivity index (χ2v) is 12.3. The number of halogens is 2. The Morgan fingerprint density at radius 1 is 0.943 bits per heavy atom. The molecule has 2 aliphatic carbocycles. The zero-order chi connectivity index (χ0) is 24.6. The van der Waals surface area contributed by atoms with E-state index in [1.807, 2.05) is 0 Å². The van der Waals surface area contributed by atoms with E-state index in [1.54, 1.807) is 12.1 Å². The topological polar surface area (TPSA) is 46.1 Å². The van der Waals surface area contributed by atoms with Crippen LogP contribution in [0.2, 0.25) is 10.0 Å². The summed E-state index contributed by atoms with van der Waals surface area (Å²) in [7, 11) is 0. The van der Waals surface area contributed by atoms with Crippen LogP contribution in [0.15, 0.2) is 42.5 Å². The first-order valence-corrected chi connectivity index (χ1v) is 13.4. The normalized spacial score (nSPS) is 27.4. The van der Waals surface area contributed by atoms with Crippen molar-refractivity contribution >= 4 is 40.1 Å². The Balaban J connectivity index is 1.34. The zero-order valence-corrected chi connectivity index (χ0v) is 22.1. The minimum absolute atomic E-state index is 0.211. The lowest BCUT2D eigenvalue weighted by Gasteiger charge is -2.44. The van der Waals surface area contributed by atoms with Gasteiger partial charge >= 0.3 is 0 Å². The lowest BCUT2D eigenvalue weighted by atomic mass is 9.63. The average Bonchev–Trinajstić information content (AvgIpc) is 3.14. The fraction of sp³-hybridized carbons (Fsp3) is 0.483. The molecule has 2 aromatic carbocycles. The van der Waals surface area contributed by atoms with Crippen molar-refractivity contribution in [3.63, 3.8) is 0 Å². The van der Waals surface area contributed by atoms with Crippen molar-refractivity contribution in [1.29, 1.82) is 0 Å². The molecule has 2 unspecified atom stereocenters. The number of carbonyl (C=O) groups excluding carboxylic acids is 1. The first-order valence-electron chi connectivity index (χ1n) is 12.7. The van der Waals surface area contributed by atoms with Gasteiger partial charge in [0.05, 0.1) is 37.9 Å². The number of piperidine rings is 1. The molecule has 4 nitrogen and oxygen atoms in total. The van der Waals surface area contributed by atoms with E-state index in [0.717, 1.165) is 62.1 Å². The number of carbonyl (C=O) groups is 1. The van der Waals surface area contributed by atoms with E-state index in [9.17, 15) is 4.79 Å². The summed E-state index contributed by atoms with van der Waals surface area (Å²) in [6.07, 6.45) is 4.91. The number of amides is 1. The smallest absolute Gasteiger partial charge is 0.235 e. The Hall–Kier alpha value is -2.17. The number of likely N-dealkylation sites (tertiary alicyclic amines) is 1. The maximum atomic E-state index is 14.4. The summed E-state index contributed by atoms with van der Waals surface area (Å²) in [5.74, 6) is 0.851. The van der Waals surface area contributed by atoms with Crippen molar-refractivity contribution in [3.8, 4) is 0 Å². The second-order valence-electron chi connectivity index (χ2n) is 11.5. The van der Waals surface area contributed by atoms with Crippen LogP contribution in [0.1, 0.15) is 63.4 Å². The van der Waals surface area contributed by atoms with Crippen LogP contribution in [0.3, 0.4) is 0 Å². The molecule has 6 rings (SSSR count). The summed E-state index contributed by atoms with van der Waals surface area (Å²) in [5.41, 5.74) is 3.50. The third kappa shape index (κ3) is 3.15. The molecular formula is C29H31Cl2N3O. The van der Waals surface area contributed by atoms with Gasteiger partial charge in [-0.05, 0) is 61.1 Å². The van der Waals surface area contributed by atoms with Gasteiger partial charge in [-0.2, -0.15) is 0 Å². The van der Waals surface area contributed by atoms with Gasteiger partial charge < -0.3 is 4.90 Å². The van der Waals surface area contributed by atoms with E-state index in [2.05, 4.69) is 56.0 Å². The number of aromatic nitrogens is 2. The first-order chi connectivity index (χ1) is 16.7. The Morgan fingerprint density at radius 2 is 1.54 bits per heavy atom. The quantitative estimate of drug-likeness (QED) is 0.393. The molecule has 1 aromatic heterocycles. The lowest BCUT2D eigenvalue weighted by Crippen LogP contribution is -2.54. The molecule has 2 atom stereocenters. The van der Waals surface area contributed by atoms with Crippen LogP contribution in [0.4, 0.5) is 0 Å².